The van der Waals surface area contributed by atoms with Crippen LogP contribution < -0.4 is 0 Å². The van der Waals surface area contributed by atoms with Crippen LogP contribution in [0.2, 0.25) is 0 Å². The summed E-state index contributed by atoms with van der Waals surface area (Å²) < 4.78 is 0. The zero-order chi connectivity index (χ0) is 12.8. The molecule has 2 aliphatic rings. The molecule has 2 aromatic rings. The Kier molecular flexibility index (Phi) is 2.26. The number of hydrogen-bond donors (Lipinski definition) is 0. The van der Waals surface area contributed by atoms with Gasteiger partial charge in [-0.2, -0.15) is 0 Å². The predicted molar refractivity (Wildman–Crippen MR) is 72.4 cm³/mol. The Morgan fingerprint density at radius 1 is 1.05 bits per heavy atom. The molecule has 0 saturated heterocycles. The van der Waals surface area contributed by atoms with Gasteiger partial charge in [0.1, 0.15) is 5.71 Å². The van der Waals surface area contributed by atoms with E-state index < -0.39 is 0 Å². The van der Waals surface area contributed by atoms with E-state index in [1.54, 1.807) is 11.8 Å². The number of hydrogen-bond acceptors (Lipinski definition) is 4. The third-order valence-corrected chi connectivity index (χ3v) is 4.42. The Morgan fingerprint density at radius 2 is 1.89 bits per heavy atom. The average molecular weight is 267 g/mol. The third-order valence-electron chi connectivity index (χ3n) is 3.28. The zero-order valence-corrected chi connectivity index (χ0v) is 10.7. The highest BCUT2D eigenvalue weighted by Gasteiger charge is 2.28. The molecular formula is C15H9NO2S. The van der Waals surface area contributed by atoms with Gasteiger partial charge in [-0.1, -0.05) is 47.2 Å². The Labute approximate surface area is 114 Å². The van der Waals surface area contributed by atoms with Crippen LogP contribution in [-0.2, 0) is 16.1 Å². The molecule has 0 atom stereocenters. The average Bonchev–Trinajstić information content (AvgIpc) is 2.60. The van der Waals surface area contributed by atoms with Crippen LogP contribution in [0.1, 0.15) is 16.7 Å². The Bertz CT molecular complexity index is 737. The van der Waals surface area contributed by atoms with Crippen LogP contribution in [0.5, 0.6) is 0 Å². The van der Waals surface area contributed by atoms with Gasteiger partial charge < -0.3 is 4.84 Å². The summed E-state index contributed by atoms with van der Waals surface area (Å²) in [7, 11) is 0. The topological polar surface area (TPSA) is 38.7 Å². The van der Waals surface area contributed by atoms with Crippen LogP contribution >= 0.6 is 11.8 Å². The first-order valence-corrected chi connectivity index (χ1v) is 6.82. The molecule has 0 saturated carbocycles. The molecule has 0 N–H and O–H groups in total. The summed E-state index contributed by atoms with van der Waals surface area (Å²) in [5.41, 5.74) is 3.82. The lowest BCUT2D eigenvalue weighted by Gasteiger charge is -2.20. The van der Waals surface area contributed by atoms with Crippen LogP contribution in [0.15, 0.2) is 57.4 Å². The lowest BCUT2D eigenvalue weighted by atomic mass is 9.95. The van der Waals surface area contributed by atoms with Crippen molar-refractivity contribution in [2.24, 2.45) is 5.16 Å². The van der Waals surface area contributed by atoms with Crippen molar-refractivity contribution in [2.45, 2.75) is 16.2 Å². The maximum atomic E-state index is 11.6. The van der Waals surface area contributed by atoms with E-state index in [-0.39, 0.29) is 12.4 Å². The van der Waals surface area contributed by atoms with E-state index in [1.807, 2.05) is 30.3 Å². The van der Waals surface area contributed by atoms with Crippen LogP contribution in [0.4, 0.5) is 0 Å². The molecule has 2 aromatic carbocycles. The van der Waals surface area contributed by atoms with E-state index >= 15 is 0 Å². The van der Waals surface area contributed by atoms with Gasteiger partial charge in [-0.05, 0) is 17.7 Å². The van der Waals surface area contributed by atoms with Crippen molar-refractivity contribution in [1.82, 2.24) is 0 Å². The summed E-state index contributed by atoms with van der Waals surface area (Å²) >= 11 is 1.71. The number of carbonyl (C=O) groups excluding carboxylic acids is 1. The van der Waals surface area contributed by atoms with Crippen molar-refractivity contribution in [3.8, 4) is 0 Å². The van der Waals surface area contributed by atoms with Gasteiger partial charge in [-0.15, -0.1) is 0 Å². The number of benzene rings is 2. The lowest BCUT2D eigenvalue weighted by Crippen LogP contribution is -2.12. The normalized spacial score (nSPS) is 15.8. The van der Waals surface area contributed by atoms with Crippen molar-refractivity contribution in [3.63, 3.8) is 0 Å². The fourth-order valence-electron chi connectivity index (χ4n) is 2.46. The molecular weight excluding hydrogens is 258 g/mol. The Morgan fingerprint density at radius 3 is 2.84 bits per heavy atom. The minimum absolute atomic E-state index is 0.277. The summed E-state index contributed by atoms with van der Waals surface area (Å²) in [5, 5.41) is 4.07. The number of rotatable bonds is 0. The largest absolute Gasteiger partial charge is 0.339 e. The summed E-state index contributed by atoms with van der Waals surface area (Å²) in [5.74, 6) is -0.308. The molecule has 0 fully saturated rings. The SMILES string of the molecule is O=C1Cc2cccc3c2C(=NO1)c1ccccc1S3. The molecule has 0 bridgehead atoms. The minimum atomic E-state index is -0.308. The number of oxime groups is 1. The van der Waals surface area contributed by atoms with E-state index in [1.165, 1.54) is 0 Å². The van der Waals surface area contributed by atoms with Gasteiger partial charge in [-0.3, -0.25) is 0 Å². The molecule has 0 unspecified atom stereocenters. The van der Waals surface area contributed by atoms with E-state index in [2.05, 4.69) is 17.3 Å². The standard InChI is InChI=1S/C15H9NO2S/c17-13-8-9-4-3-7-12-14(9)15(16-18-13)10-5-1-2-6-11(10)19-12/h1-7H,8H2. The fourth-order valence-corrected chi connectivity index (χ4v) is 3.60. The fraction of sp³-hybridized carbons (Fsp3) is 0.0667. The molecule has 0 spiro atoms. The Balaban J connectivity index is 2.05. The van der Waals surface area contributed by atoms with Crippen LogP contribution in [0, 0.1) is 0 Å². The molecule has 0 aromatic heterocycles. The molecule has 3 nitrogen and oxygen atoms in total. The van der Waals surface area contributed by atoms with Crippen molar-refractivity contribution >= 4 is 23.4 Å². The molecule has 19 heavy (non-hydrogen) atoms. The maximum absolute atomic E-state index is 11.6. The van der Waals surface area contributed by atoms with E-state index in [0.717, 1.165) is 32.2 Å². The van der Waals surface area contributed by atoms with Gasteiger partial charge in [0.2, 0.25) is 0 Å². The highest BCUT2D eigenvalue weighted by Crippen LogP contribution is 2.41. The van der Waals surface area contributed by atoms with Gasteiger partial charge >= 0.3 is 5.97 Å². The van der Waals surface area contributed by atoms with Crippen molar-refractivity contribution < 1.29 is 9.63 Å². The van der Waals surface area contributed by atoms with Crippen molar-refractivity contribution in [3.05, 3.63) is 59.2 Å². The lowest BCUT2D eigenvalue weighted by molar-refractivity contribution is -0.142. The summed E-state index contributed by atoms with van der Waals surface area (Å²) in [4.78, 5) is 18.9. The van der Waals surface area contributed by atoms with Gasteiger partial charge in [0.25, 0.3) is 0 Å². The zero-order valence-electron chi connectivity index (χ0n) is 9.92. The van der Waals surface area contributed by atoms with E-state index in [9.17, 15) is 4.79 Å². The van der Waals surface area contributed by atoms with Gasteiger partial charge in [-0.25, -0.2) is 4.79 Å². The smallest absolute Gasteiger partial charge is 0.317 e. The predicted octanol–water partition coefficient (Wildman–Crippen LogP) is 3.00. The number of carbonyl (C=O) groups is 1. The number of fused-ring (bicyclic) bond motifs is 2. The molecule has 2 heterocycles. The molecule has 0 radical (unpaired) electrons. The molecule has 2 aliphatic heterocycles. The van der Waals surface area contributed by atoms with Crippen LogP contribution in [-0.4, -0.2) is 11.7 Å². The van der Waals surface area contributed by atoms with Crippen LogP contribution in [0.25, 0.3) is 0 Å². The van der Waals surface area contributed by atoms with E-state index in [0.29, 0.717) is 0 Å². The highest BCUT2D eigenvalue weighted by atomic mass is 32.2. The Hall–Kier alpha value is -2.07. The summed E-state index contributed by atoms with van der Waals surface area (Å²) in [6.45, 7) is 0. The molecule has 4 rings (SSSR count). The van der Waals surface area contributed by atoms with Gasteiger partial charge in [0.15, 0.2) is 0 Å². The summed E-state index contributed by atoms with van der Waals surface area (Å²) in [6.07, 6.45) is 0.277. The third kappa shape index (κ3) is 1.60. The molecule has 4 heteroatoms. The van der Waals surface area contributed by atoms with E-state index in [4.69, 9.17) is 4.84 Å². The minimum Gasteiger partial charge on any atom is -0.317 e. The quantitative estimate of drug-likeness (QED) is 0.588. The first-order chi connectivity index (χ1) is 9.33. The van der Waals surface area contributed by atoms with Crippen molar-refractivity contribution in [1.29, 1.82) is 0 Å². The maximum Gasteiger partial charge on any atom is 0.339 e. The first kappa shape index (κ1) is 10.8. The second kappa shape index (κ2) is 3.96. The summed E-state index contributed by atoms with van der Waals surface area (Å²) in [6, 6.07) is 14.1. The van der Waals surface area contributed by atoms with Gasteiger partial charge in [0, 0.05) is 20.9 Å². The monoisotopic (exact) mass is 267 g/mol. The second-order valence-corrected chi connectivity index (χ2v) is 5.55. The van der Waals surface area contributed by atoms with Crippen molar-refractivity contribution in [2.75, 3.05) is 0 Å². The number of nitrogens with zero attached hydrogens (tertiary/aromatic N) is 1. The molecule has 92 valence electrons. The highest BCUT2D eigenvalue weighted by molar-refractivity contribution is 7.99. The first-order valence-electron chi connectivity index (χ1n) is 6.00. The molecule has 0 aliphatic carbocycles. The molecule has 0 amide bonds. The second-order valence-electron chi connectivity index (χ2n) is 4.47. The van der Waals surface area contributed by atoms with Gasteiger partial charge in [0.05, 0.1) is 6.42 Å². The van der Waals surface area contributed by atoms with Crippen LogP contribution in [0.3, 0.4) is 0 Å².